The maximum atomic E-state index is 12.6. The van der Waals surface area contributed by atoms with Gasteiger partial charge in [-0.15, -0.1) is 11.3 Å². The Morgan fingerprint density at radius 1 is 1.14 bits per heavy atom. The van der Waals surface area contributed by atoms with Gasteiger partial charge in [0.2, 0.25) is 0 Å². The van der Waals surface area contributed by atoms with Crippen LogP contribution in [-0.4, -0.2) is 55.2 Å². The molecule has 184 valence electrons. The lowest BCUT2D eigenvalue weighted by atomic mass is 9.98. The molecule has 0 spiro atoms. The first-order valence-electron chi connectivity index (χ1n) is 11.6. The number of nitrogens with zero attached hydrogens (tertiary/aromatic N) is 3. The lowest BCUT2D eigenvalue weighted by Crippen LogP contribution is -2.40. The molecule has 1 aliphatic rings. The van der Waals surface area contributed by atoms with Crippen molar-refractivity contribution >= 4 is 45.9 Å². The van der Waals surface area contributed by atoms with Crippen molar-refractivity contribution in [3.8, 4) is 5.75 Å². The van der Waals surface area contributed by atoms with Crippen LogP contribution in [0.2, 0.25) is 0 Å². The SMILES string of the molecule is COc1ccc(CNC(=O)c2csc(C3CCN(C(=S)Nc4ccc(N(C)C)cc4)CC3)n2)cc1. The van der Waals surface area contributed by atoms with E-state index in [9.17, 15) is 4.79 Å². The minimum atomic E-state index is -0.147. The number of thiazole rings is 1. The summed E-state index contributed by atoms with van der Waals surface area (Å²) in [7, 11) is 5.69. The maximum absolute atomic E-state index is 12.6. The van der Waals surface area contributed by atoms with Crippen LogP contribution in [0.15, 0.2) is 53.9 Å². The lowest BCUT2D eigenvalue weighted by Gasteiger charge is -2.33. The van der Waals surface area contributed by atoms with Gasteiger partial charge in [0.1, 0.15) is 11.4 Å². The van der Waals surface area contributed by atoms with Gasteiger partial charge in [-0.2, -0.15) is 0 Å². The monoisotopic (exact) mass is 509 g/mol. The highest BCUT2D eigenvalue weighted by Gasteiger charge is 2.25. The Balaban J connectivity index is 1.25. The van der Waals surface area contributed by atoms with E-state index in [4.69, 9.17) is 17.0 Å². The second-order valence-corrected chi connectivity index (χ2v) is 10.0. The zero-order valence-corrected chi connectivity index (χ0v) is 21.9. The minimum Gasteiger partial charge on any atom is -0.497 e. The zero-order chi connectivity index (χ0) is 24.8. The predicted molar refractivity (Wildman–Crippen MR) is 147 cm³/mol. The van der Waals surface area contributed by atoms with Gasteiger partial charge in [-0.1, -0.05) is 12.1 Å². The molecular weight excluding hydrogens is 478 g/mol. The van der Waals surface area contributed by atoms with Crippen LogP contribution < -0.4 is 20.3 Å². The summed E-state index contributed by atoms with van der Waals surface area (Å²) in [6.07, 6.45) is 1.92. The van der Waals surface area contributed by atoms with E-state index in [1.165, 1.54) is 0 Å². The summed E-state index contributed by atoms with van der Waals surface area (Å²) >= 11 is 7.22. The molecule has 4 rings (SSSR count). The van der Waals surface area contributed by atoms with E-state index < -0.39 is 0 Å². The summed E-state index contributed by atoms with van der Waals surface area (Å²) in [6.45, 7) is 2.19. The van der Waals surface area contributed by atoms with Crippen molar-refractivity contribution in [1.82, 2.24) is 15.2 Å². The van der Waals surface area contributed by atoms with Crippen molar-refractivity contribution in [1.29, 1.82) is 0 Å². The number of methoxy groups -OCH3 is 1. The first-order chi connectivity index (χ1) is 16.9. The standard InChI is InChI=1S/C26H31N5O2S2/c1-30(2)21-8-6-20(7-9-21)28-26(34)31-14-12-19(13-15-31)25-29-23(17-35-25)24(32)27-16-18-4-10-22(33-3)11-5-18/h4-11,17,19H,12-16H2,1-3H3,(H,27,32)(H,28,34). The minimum absolute atomic E-state index is 0.147. The van der Waals surface area contributed by atoms with Crippen molar-refractivity contribution in [3.63, 3.8) is 0 Å². The van der Waals surface area contributed by atoms with Crippen molar-refractivity contribution in [2.45, 2.75) is 25.3 Å². The largest absolute Gasteiger partial charge is 0.497 e. The van der Waals surface area contributed by atoms with Crippen LogP contribution in [0.3, 0.4) is 0 Å². The molecule has 2 heterocycles. The number of rotatable bonds is 7. The molecule has 1 aliphatic heterocycles. The number of hydrogen-bond donors (Lipinski definition) is 2. The topological polar surface area (TPSA) is 69.7 Å². The van der Waals surface area contributed by atoms with E-state index in [2.05, 4.69) is 37.6 Å². The maximum Gasteiger partial charge on any atom is 0.271 e. The fourth-order valence-electron chi connectivity index (χ4n) is 3.97. The van der Waals surface area contributed by atoms with Crippen molar-refractivity contribution in [3.05, 3.63) is 70.2 Å². The van der Waals surface area contributed by atoms with Crippen LogP contribution in [0.25, 0.3) is 0 Å². The van der Waals surface area contributed by atoms with Crippen LogP contribution >= 0.6 is 23.6 Å². The molecule has 1 aromatic heterocycles. The number of amides is 1. The summed E-state index contributed by atoms with van der Waals surface area (Å²) in [4.78, 5) is 21.5. The number of nitrogens with one attached hydrogen (secondary N) is 2. The smallest absolute Gasteiger partial charge is 0.271 e. The van der Waals surface area contributed by atoms with E-state index in [1.807, 2.05) is 55.9 Å². The van der Waals surface area contributed by atoms with E-state index in [1.54, 1.807) is 18.4 Å². The average Bonchev–Trinajstić information content (AvgIpc) is 3.38. The highest BCUT2D eigenvalue weighted by molar-refractivity contribution is 7.80. The van der Waals surface area contributed by atoms with E-state index in [0.717, 1.165) is 58.7 Å². The number of carbonyl (C=O) groups excluding carboxylic acids is 1. The molecule has 35 heavy (non-hydrogen) atoms. The predicted octanol–water partition coefficient (Wildman–Crippen LogP) is 4.72. The summed E-state index contributed by atoms with van der Waals surface area (Å²) in [6, 6.07) is 15.9. The number of hydrogen-bond acceptors (Lipinski definition) is 6. The van der Waals surface area contributed by atoms with Crippen LogP contribution in [0.1, 0.15) is 39.8 Å². The number of aromatic nitrogens is 1. The Labute approximate surface area is 216 Å². The number of thiocarbonyl (C=S) groups is 1. The third kappa shape index (κ3) is 6.49. The zero-order valence-electron chi connectivity index (χ0n) is 20.3. The van der Waals surface area contributed by atoms with Crippen molar-refractivity contribution < 1.29 is 9.53 Å². The van der Waals surface area contributed by atoms with Gasteiger partial charge in [-0.25, -0.2) is 4.98 Å². The van der Waals surface area contributed by atoms with Gasteiger partial charge in [0, 0.05) is 56.4 Å². The van der Waals surface area contributed by atoms with Gasteiger partial charge in [0.15, 0.2) is 5.11 Å². The first-order valence-corrected chi connectivity index (χ1v) is 12.9. The Morgan fingerprint density at radius 2 is 1.83 bits per heavy atom. The molecular formula is C26H31N5O2S2. The van der Waals surface area contributed by atoms with Crippen LogP contribution in [0.5, 0.6) is 5.75 Å². The van der Waals surface area contributed by atoms with E-state index in [-0.39, 0.29) is 5.91 Å². The average molecular weight is 510 g/mol. The van der Waals surface area contributed by atoms with Gasteiger partial charge in [0.25, 0.3) is 5.91 Å². The molecule has 7 nitrogen and oxygen atoms in total. The van der Waals surface area contributed by atoms with Crippen LogP contribution in [0.4, 0.5) is 11.4 Å². The molecule has 0 bridgehead atoms. The van der Waals surface area contributed by atoms with E-state index >= 15 is 0 Å². The quantitative estimate of drug-likeness (QED) is 0.447. The van der Waals surface area contributed by atoms with Crippen LogP contribution in [0, 0.1) is 0 Å². The Bertz CT molecular complexity index is 1140. The molecule has 0 aliphatic carbocycles. The number of carbonyl (C=O) groups is 1. The molecule has 0 saturated carbocycles. The molecule has 0 radical (unpaired) electrons. The van der Waals surface area contributed by atoms with E-state index in [0.29, 0.717) is 18.2 Å². The van der Waals surface area contributed by atoms with Gasteiger partial charge < -0.3 is 25.2 Å². The Hall–Kier alpha value is -3.17. The summed E-state index contributed by atoms with van der Waals surface area (Å²) < 4.78 is 5.17. The Morgan fingerprint density at radius 3 is 2.46 bits per heavy atom. The molecule has 0 unspecified atom stereocenters. The molecule has 2 aromatic carbocycles. The summed E-state index contributed by atoms with van der Waals surface area (Å²) in [5.41, 5.74) is 3.65. The number of likely N-dealkylation sites (tertiary alicyclic amines) is 1. The first kappa shape index (κ1) is 24.9. The second-order valence-electron chi connectivity index (χ2n) is 8.73. The third-order valence-corrected chi connectivity index (χ3v) is 7.50. The van der Waals surface area contributed by atoms with Gasteiger partial charge >= 0.3 is 0 Å². The molecule has 9 heteroatoms. The highest BCUT2D eigenvalue weighted by Crippen LogP contribution is 2.30. The molecule has 1 amide bonds. The third-order valence-electron chi connectivity index (χ3n) is 6.13. The van der Waals surface area contributed by atoms with Crippen molar-refractivity contribution in [2.24, 2.45) is 0 Å². The summed E-state index contributed by atoms with van der Waals surface area (Å²) in [5, 5.41) is 9.93. The molecule has 2 N–H and O–H groups in total. The van der Waals surface area contributed by atoms with Gasteiger partial charge in [0.05, 0.1) is 12.1 Å². The lowest BCUT2D eigenvalue weighted by molar-refractivity contribution is 0.0946. The number of anilines is 2. The number of piperidine rings is 1. The normalized spacial score (nSPS) is 13.9. The Kier molecular flexibility index (Phi) is 8.20. The number of ether oxygens (including phenoxy) is 1. The molecule has 3 aromatic rings. The molecule has 0 atom stereocenters. The fourth-order valence-corrected chi connectivity index (χ4v) is 5.24. The van der Waals surface area contributed by atoms with Gasteiger partial charge in [-0.05, 0) is 67.0 Å². The highest BCUT2D eigenvalue weighted by atomic mass is 32.1. The fraction of sp³-hybridized carbons (Fsp3) is 0.346. The molecule has 1 saturated heterocycles. The van der Waals surface area contributed by atoms with Crippen LogP contribution in [-0.2, 0) is 6.54 Å². The van der Waals surface area contributed by atoms with Crippen molar-refractivity contribution in [2.75, 3.05) is 44.5 Å². The number of benzene rings is 2. The van der Waals surface area contributed by atoms with Gasteiger partial charge in [-0.3, -0.25) is 4.79 Å². The summed E-state index contributed by atoms with van der Waals surface area (Å²) in [5.74, 6) is 0.999. The second kappa shape index (κ2) is 11.5. The molecule has 1 fully saturated rings.